The number of aromatic hydroxyl groups is 3. The molecule has 2 aromatic rings. The van der Waals surface area contributed by atoms with E-state index in [-0.39, 0.29) is 23.7 Å². The molecule has 1 fully saturated rings. The number of esters is 1. The molecule has 0 saturated carbocycles. The molecule has 12 nitrogen and oxygen atoms in total. The molecule has 2 aromatic carbocycles. The summed E-state index contributed by atoms with van der Waals surface area (Å²) in [6.07, 6.45) is -7.89. The number of aliphatic hydroxyl groups excluding tert-OH is 4. The first-order chi connectivity index (χ1) is 15.7. The van der Waals surface area contributed by atoms with Gasteiger partial charge in [0.25, 0.3) is 0 Å². The molecule has 1 aliphatic rings. The minimum Gasteiger partial charge on any atom is -0.504 e. The fraction of sp³-hybridized carbons (Fsp3) is 0.381. The molecule has 0 amide bonds. The quantitative estimate of drug-likeness (QED) is 0.201. The molecule has 1 heterocycles. The van der Waals surface area contributed by atoms with E-state index in [0.717, 1.165) is 12.1 Å². The summed E-state index contributed by atoms with van der Waals surface area (Å²) in [5, 5.41) is 68.5. The van der Waals surface area contributed by atoms with E-state index in [9.17, 15) is 40.5 Å². The normalized spacial score (nSPS) is 24.8. The van der Waals surface area contributed by atoms with Crippen molar-refractivity contribution >= 4 is 5.97 Å². The van der Waals surface area contributed by atoms with Crippen LogP contribution in [0.4, 0.5) is 0 Å². The van der Waals surface area contributed by atoms with Crippen molar-refractivity contribution < 1.29 is 59.5 Å². The van der Waals surface area contributed by atoms with Crippen LogP contribution in [0, 0.1) is 0 Å². The minimum absolute atomic E-state index is 0.0856. The van der Waals surface area contributed by atoms with Crippen LogP contribution in [-0.2, 0) is 16.1 Å². The summed E-state index contributed by atoms with van der Waals surface area (Å²) < 4.78 is 21.3. The van der Waals surface area contributed by atoms with Gasteiger partial charge in [-0.1, -0.05) is 6.07 Å². The summed E-state index contributed by atoms with van der Waals surface area (Å²) in [7, 11) is 1.37. The Labute approximate surface area is 187 Å². The standard InChI is InChI=1S/C21H24O12/c1-30-13-3-2-9(7-22)4-14(13)32-21-19(28)18(27)17(26)15(33-21)8-31-20(29)10-5-11(23)16(25)12(24)6-10/h2-6,15,17-19,21-28H,7-8H2,1H3/t15-,17-,18+,19-,21-/m1/s1. The number of phenols is 3. The molecule has 3 rings (SSSR count). The van der Waals surface area contributed by atoms with Gasteiger partial charge in [-0.2, -0.15) is 0 Å². The van der Waals surface area contributed by atoms with Crippen LogP contribution in [0.5, 0.6) is 28.7 Å². The van der Waals surface area contributed by atoms with Crippen molar-refractivity contribution in [3.05, 3.63) is 41.5 Å². The Morgan fingerprint density at radius 2 is 1.64 bits per heavy atom. The number of carbonyl (C=O) groups excluding carboxylic acids is 1. The first kappa shape index (κ1) is 24.4. The van der Waals surface area contributed by atoms with Gasteiger partial charge in [0.05, 0.1) is 19.3 Å². The van der Waals surface area contributed by atoms with Crippen molar-refractivity contribution in [2.24, 2.45) is 0 Å². The molecule has 1 aliphatic heterocycles. The third-order valence-electron chi connectivity index (χ3n) is 5.01. The highest BCUT2D eigenvalue weighted by atomic mass is 16.7. The van der Waals surface area contributed by atoms with E-state index >= 15 is 0 Å². The molecule has 5 atom stereocenters. The molecule has 0 aliphatic carbocycles. The van der Waals surface area contributed by atoms with Gasteiger partial charge in [0.2, 0.25) is 6.29 Å². The maximum absolute atomic E-state index is 12.2. The van der Waals surface area contributed by atoms with E-state index in [0.29, 0.717) is 5.56 Å². The molecular formula is C21H24O12. The lowest BCUT2D eigenvalue weighted by molar-refractivity contribution is -0.277. The van der Waals surface area contributed by atoms with Gasteiger partial charge in [-0.25, -0.2) is 4.79 Å². The molecule has 7 N–H and O–H groups in total. The van der Waals surface area contributed by atoms with Crippen molar-refractivity contribution in [2.45, 2.75) is 37.3 Å². The van der Waals surface area contributed by atoms with E-state index in [1.807, 2.05) is 0 Å². The van der Waals surface area contributed by atoms with Gasteiger partial charge >= 0.3 is 5.97 Å². The maximum Gasteiger partial charge on any atom is 0.338 e. The van der Waals surface area contributed by atoms with Crippen LogP contribution in [0.2, 0.25) is 0 Å². The first-order valence-corrected chi connectivity index (χ1v) is 9.72. The SMILES string of the molecule is COc1ccc(CO)cc1O[C@@H]1O[C@H](COC(=O)c2cc(O)c(O)c(O)c2)[C@@H](O)[C@H](O)[C@H]1O. The summed E-state index contributed by atoms with van der Waals surface area (Å²) in [6.45, 7) is -0.892. The largest absolute Gasteiger partial charge is 0.504 e. The zero-order chi connectivity index (χ0) is 24.3. The zero-order valence-corrected chi connectivity index (χ0v) is 17.4. The predicted octanol–water partition coefficient (Wildman–Crippen LogP) is -0.652. The Bertz CT molecular complexity index is 970. The monoisotopic (exact) mass is 468 g/mol. The average Bonchev–Trinajstić information content (AvgIpc) is 2.81. The Morgan fingerprint density at radius 3 is 2.24 bits per heavy atom. The minimum atomic E-state index is -1.72. The second-order valence-electron chi connectivity index (χ2n) is 7.24. The molecule has 12 heteroatoms. The first-order valence-electron chi connectivity index (χ1n) is 9.72. The number of hydrogen-bond donors (Lipinski definition) is 7. The van der Waals surface area contributed by atoms with Crippen molar-refractivity contribution in [2.75, 3.05) is 13.7 Å². The van der Waals surface area contributed by atoms with Gasteiger partial charge < -0.3 is 54.7 Å². The van der Waals surface area contributed by atoms with Crippen LogP contribution in [0.25, 0.3) is 0 Å². The zero-order valence-electron chi connectivity index (χ0n) is 17.4. The van der Waals surface area contributed by atoms with E-state index < -0.39 is 60.5 Å². The Balaban J connectivity index is 1.72. The Morgan fingerprint density at radius 1 is 0.970 bits per heavy atom. The number of rotatable bonds is 7. The summed E-state index contributed by atoms with van der Waals surface area (Å²) in [5.74, 6) is -3.01. The van der Waals surface area contributed by atoms with Crippen LogP contribution in [-0.4, -0.2) is 86.1 Å². The highest BCUT2D eigenvalue weighted by molar-refractivity contribution is 5.91. The third-order valence-corrected chi connectivity index (χ3v) is 5.01. The number of ether oxygens (including phenoxy) is 4. The van der Waals surface area contributed by atoms with Crippen molar-refractivity contribution in [1.82, 2.24) is 0 Å². The number of phenolic OH excluding ortho intramolecular Hbond substituents is 3. The van der Waals surface area contributed by atoms with Gasteiger partial charge in [0, 0.05) is 0 Å². The fourth-order valence-corrected chi connectivity index (χ4v) is 3.15. The van der Waals surface area contributed by atoms with Gasteiger partial charge in [-0.15, -0.1) is 0 Å². The Kier molecular flexibility index (Phi) is 7.46. The van der Waals surface area contributed by atoms with E-state index in [1.165, 1.54) is 19.2 Å². The summed E-state index contributed by atoms with van der Waals surface area (Å²) in [6, 6.07) is 6.26. The number of hydrogen-bond acceptors (Lipinski definition) is 12. The van der Waals surface area contributed by atoms with Crippen LogP contribution in [0.15, 0.2) is 30.3 Å². The van der Waals surface area contributed by atoms with Crippen molar-refractivity contribution in [3.63, 3.8) is 0 Å². The second kappa shape index (κ2) is 10.1. The molecule has 0 spiro atoms. The molecule has 0 bridgehead atoms. The van der Waals surface area contributed by atoms with Crippen LogP contribution in [0.1, 0.15) is 15.9 Å². The third kappa shape index (κ3) is 5.21. The van der Waals surface area contributed by atoms with Crippen LogP contribution < -0.4 is 9.47 Å². The van der Waals surface area contributed by atoms with Crippen molar-refractivity contribution in [3.8, 4) is 28.7 Å². The highest BCUT2D eigenvalue weighted by Gasteiger charge is 2.45. The summed E-state index contributed by atoms with van der Waals surface area (Å²) in [5.41, 5.74) is 0.176. The summed E-state index contributed by atoms with van der Waals surface area (Å²) in [4.78, 5) is 12.2. The number of carbonyl (C=O) groups is 1. The van der Waals surface area contributed by atoms with Gasteiger partial charge in [-0.05, 0) is 29.8 Å². The lowest BCUT2D eigenvalue weighted by atomic mass is 9.99. The van der Waals surface area contributed by atoms with Crippen molar-refractivity contribution in [1.29, 1.82) is 0 Å². The molecule has 1 saturated heterocycles. The second-order valence-corrected chi connectivity index (χ2v) is 7.24. The lowest BCUT2D eigenvalue weighted by Crippen LogP contribution is -2.60. The Hall–Kier alpha value is -3.29. The maximum atomic E-state index is 12.2. The molecule has 180 valence electrons. The molecule has 0 unspecified atom stereocenters. The fourth-order valence-electron chi connectivity index (χ4n) is 3.15. The van der Waals surface area contributed by atoms with Crippen LogP contribution in [0.3, 0.4) is 0 Å². The van der Waals surface area contributed by atoms with Gasteiger partial charge in [0.1, 0.15) is 31.0 Å². The number of methoxy groups -OCH3 is 1. The molecule has 0 radical (unpaired) electrons. The lowest BCUT2D eigenvalue weighted by Gasteiger charge is -2.40. The topological polar surface area (TPSA) is 196 Å². The average molecular weight is 468 g/mol. The van der Waals surface area contributed by atoms with Gasteiger partial charge in [-0.3, -0.25) is 0 Å². The van der Waals surface area contributed by atoms with E-state index in [4.69, 9.17) is 18.9 Å². The smallest absolute Gasteiger partial charge is 0.338 e. The molecule has 33 heavy (non-hydrogen) atoms. The molecule has 0 aromatic heterocycles. The summed E-state index contributed by atoms with van der Waals surface area (Å²) >= 11 is 0. The number of benzene rings is 2. The predicted molar refractivity (Wildman–Crippen MR) is 108 cm³/mol. The number of aliphatic hydroxyl groups is 4. The van der Waals surface area contributed by atoms with Crippen LogP contribution >= 0.6 is 0 Å². The highest BCUT2D eigenvalue weighted by Crippen LogP contribution is 2.36. The van der Waals surface area contributed by atoms with E-state index in [2.05, 4.69) is 0 Å². The van der Waals surface area contributed by atoms with Gasteiger partial charge in [0.15, 0.2) is 28.7 Å². The van der Waals surface area contributed by atoms with E-state index in [1.54, 1.807) is 6.07 Å². The molecular weight excluding hydrogens is 444 g/mol.